The van der Waals surface area contributed by atoms with E-state index < -0.39 is 0 Å². The van der Waals surface area contributed by atoms with Crippen molar-refractivity contribution >= 4 is 0 Å². The van der Waals surface area contributed by atoms with Gasteiger partial charge in [-0.2, -0.15) is 0 Å². The molecule has 1 aliphatic rings. The Bertz CT molecular complexity index is 178. The molecule has 0 aliphatic heterocycles. The average molecular weight is 241 g/mol. The van der Waals surface area contributed by atoms with Gasteiger partial charge in [-0.15, -0.1) is 0 Å². The molecule has 0 amide bonds. The molecule has 1 rings (SSSR count). The number of rotatable bonds is 11. The third kappa shape index (κ3) is 8.58. The van der Waals surface area contributed by atoms with Crippen LogP contribution in [0.3, 0.4) is 0 Å². The maximum atomic E-state index is 3.59. The summed E-state index contributed by atoms with van der Waals surface area (Å²) in [7, 11) is 4.31. The van der Waals surface area contributed by atoms with Gasteiger partial charge in [-0.25, -0.2) is 0 Å². The van der Waals surface area contributed by atoms with E-state index in [0.717, 1.165) is 6.04 Å². The molecule has 0 heterocycles. The molecule has 0 bridgehead atoms. The zero-order valence-corrected chi connectivity index (χ0v) is 12.0. The molecule has 0 aromatic heterocycles. The van der Waals surface area contributed by atoms with E-state index in [1.54, 1.807) is 0 Å². The number of nitrogens with zero attached hydrogens (tertiary/aromatic N) is 2. The van der Waals surface area contributed by atoms with Crippen molar-refractivity contribution in [2.24, 2.45) is 0 Å². The van der Waals surface area contributed by atoms with E-state index >= 15 is 0 Å². The molecule has 0 saturated heterocycles. The summed E-state index contributed by atoms with van der Waals surface area (Å²) in [6, 6.07) is 0.871. The van der Waals surface area contributed by atoms with E-state index in [9.17, 15) is 0 Å². The summed E-state index contributed by atoms with van der Waals surface area (Å²) in [5.41, 5.74) is 0. The Kier molecular flexibility index (Phi) is 7.82. The topological polar surface area (TPSA) is 18.5 Å². The van der Waals surface area contributed by atoms with Crippen LogP contribution in [0.25, 0.3) is 0 Å². The van der Waals surface area contributed by atoms with Crippen molar-refractivity contribution in [3.63, 3.8) is 0 Å². The van der Waals surface area contributed by atoms with Gasteiger partial charge in [0.05, 0.1) is 0 Å². The highest BCUT2D eigenvalue weighted by molar-refractivity contribution is 4.80. The van der Waals surface area contributed by atoms with Gasteiger partial charge in [-0.3, -0.25) is 0 Å². The van der Waals surface area contributed by atoms with Crippen LogP contribution in [0.2, 0.25) is 0 Å². The molecule has 3 nitrogen and oxygen atoms in total. The number of hydrogen-bond acceptors (Lipinski definition) is 3. The first-order valence-electron chi connectivity index (χ1n) is 7.33. The molecule has 17 heavy (non-hydrogen) atoms. The first-order chi connectivity index (χ1) is 8.22. The average Bonchev–Trinajstić information content (AvgIpc) is 3.09. The number of unbranched alkanes of at least 4 members (excludes halogenated alkanes) is 1. The van der Waals surface area contributed by atoms with Gasteiger partial charge in [-0.1, -0.05) is 6.92 Å². The normalized spacial score (nSPS) is 16.1. The molecule has 1 aliphatic carbocycles. The van der Waals surface area contributed by atoms with Gasteiger partial charge < -0.3 is 15.1 Å². The first-order valence-corrected chi connectivity index (χ1v) is 7.33. The van der Waals surface area contributed by atoms with E-state index in [1.165, 1.54) is 64.8 Å². The molecule has 1 saturated carbocycles. The third-order valence-corrected chi connectivity index (χ3v) is 3.31. The van der Waals surface area contributed by atoms with Crippen LogP contribution in [-0.2, 0) is 0 Å². The largest absolute Gasteiger partial charge is 0.314 e. The summed E-state index contributed by atoms with van der Waals surface area (Å²) in [6.45, 7) is 8.42. The minimum atomic E-state index is 0.871. The third-order valence-electron chi connectivity index (χ3n) is 3.31. The van der Waals surface area contributed by atoms with Crippen LogP contribution < -0.4 is 5.32 Å². The Morgan fingerprint density at radius 3 is 2.35 bits per heavy atom. The fourth-order valence-corrected chi connectivity index (χ4v) is 2.05. The van der Waals surface area contributed by atoms with Gasteiger partial charge in [-0.05, 0) is 65.8 Å². The van der Waals surface area contributed by atoms with Crippen molar-refractivity contribution in [3.8, 4) is 0 Å². The van der Waals surface area contributed by atoms with E-state index in [2.05, 4.69) is 36.1 Å². The highest BCUT2D eigenvalue weighted by Gasteiger charge is 2.19. The van der Waals surface area contributed by atoms with Crippen molar-refractivity contribution in [3.05, 3.63) is 0 Å². The Morgan fingerprint density at radius 2 is 1.76 bits per heavy atom. The predicted molar refractivity (Wildman–Crippen MR) is 75.5 cm³/mol. The van der Waals surface area contributed by atoms with Crippen molar-refractivity contribution in [2.75, 3.05) is 46.8 Å². The quantitative estimate of drug-likeness (QED) is 0.556. The smallest absolute Gasteiger partial charge is 0.0109 e. The molecular formula is C14H31N3. The van der Waals surface area contributed by atoms with Gasteiger partial charge in [0.2, 0.25) is 0 Å². The fourth-order valence-electron chi connectivity index (χ4n) is 2.05. The second-order valence-corrected chi connectivity index (χ2v) is 5.58. The molecule has 1 fully saturated rings. The molecule has 0 unspecified atom stereocenters. The van der Waals surface area contributed by atoms with Crippen LogP contribution >= 0.6 is 0 Å². The lowest BCUT2D eigenvalue weighted by Crippen LogP contribution is -2.33. The van der Waals surface area contributed by atoms with Crippen molar-refractivity contribution in [1.29, 1.82) is 0 Å². The van der Waals surface area contributed by atoms with Crippen LogP contribution in [0, 0.1) is 0 Å². The summed E-state index contributed by atoms with van der Waals surface area (Å²) in [6.07, 6.45) is 6.76. The maximum Gasteiger partial charge on any atom is 0.0109 e. The molecule has 0 radical (unpaired) electrons. The molecular weight excluding hydrogens is 210 g/mol. The molecule has 1 N–H and O–H groups in total. The summed E-state index contributed by atoms with van der Waals surface area (Å²) in [4.78, 5) is 4.88. The van der Waals surface area contributed by atoms with Crippen LogP contribution in [0.15, 0.2) is 0 Å². The molecule has 0 atom stereocenters. The lowest BCUT2D eigenvalue weighted by atomic mass is 10.2. The highest BCUT2D eigenvalue weighted by atomic mass is 15.2. The number of nitrogens with one attached hydrogen (secondary N) is 1. The van der Waals surface area contributed by atoms with E-state index in [4.69, 9.17) is 0 Å². The lowest BCUT2D eigenvalue weighted by Gasteiger charge is -2.23. The van der Waals surface area contributed by atoms with Crippen molar-refractivity contribution in [2.45, 2.75) is 45.1 Å². The van der Waals surface area contributed by atoms with Crippen LogP contribution in [0.5, 0.6) is 0 Å². The van der Waals surface area contributed by atoms with Crippen molar-refractivity contribution in [1.82, 2.24) is 15.1 Å². The monoisotopic (exact) mass is 241 g/mol. The van der Waals surface area contributed by atoms with Gasteiger partial charge in [0, 0.05) is 19.1 Å². The Balaban J connectivity index is 1.97. The van der Waals surface area contributed by atoms with Crippen LogP contribution in [-0.4, -0.2) is 62.7 Å². The molecule has 3 heteroatoms. The summed E-state index contributed by atoms with van der Waals surface area (Å²) >= 11 is 0. The molecule has 0 spiro atoms. The minimum Gasteiger partial charge on any atom is -0.314 e. The summed E-state index contributed by atoms with van der Waals surface area (Å²) < 4.78 is 0. The first kappa shape index (κ1) is 14.9. The number of likely N-dealkylation sites (N-methyl/N-ethyl adjacent to an activating group) is 1. The van der Waals surface area contributed by atoms with E-state index in [1.807, 2.05) is 0 Å². The molecule has 0 aromatic carbocycles. The van der Waals surface area contributed by atoms with Gasteiger partial charge in [0.1, 0.15) is 0 Å². The SMILES string of the molecule is CCCN(CCCCNC1CC1)CCN(C)C. The zero-order valence-electron chi connectivity index (χ0n) is 12.0. The summed E-state index contributed by atoms with van der Waals surface area (Å²) in [5, 5.41) is 3.59. The zero-order chi connectivity index (χ0) is 12.5. The minimum absolute atomic E-state index is 0.871. The van der Waals surface area contributed by atoms with Gasteiger partial charge in [0.25, 0.3) is 0 Å². The number of hydrogen-bond donors (Lipinski definition) is 1. The predicted octanol–water partition coefficient (Wildman–Crippen LogP) is 1.79. The lowest BCUT2D eigenvalue weighted by molar-refractivity contribution is 0.237. The van der Waals surface area contributed by atoms with E-state index in [-0.39, 0.29) is 0 Å². The van der Waals surface area contributed by atoms with Crippen LogP contribution in [0.1, 0.15) is 39.0 Å². The van der Waals surface area contributed by atoms with Gasteiger partial charge in [0.15, 0.2) is 0 Å². The molecule has 0 aromatic rings. The summed E-state index contributed by atoms with van der Waals surface area (Å²) in [5.74, 6) is 0. The highest BCUT2D eigenvalue weighted by Crippen LogP contribution is 2.18. The van der Waals surface area contributed by atoms with Crippen molar-refractivity contribution < 1.29 is 0 Å². The second kappa shape index (κ2) is 8.90. The van der Waals surface area contributed by atoms with E-state index in [0.29, 0.717) is 0 Å². The Labute approximate surface area is 108 Å². The molecule has 102 valence electrons. The standard InChI is InChI=1S/C14H31N3/c1-4-10-17(13-12-16(2)3)11-6-5-9-15-14-7-8-14/h14-15H,4-13H2,1-3H3. The second-order valence-electron chi connectivity index (χ2n) is 5.58. The fraction of sp³-hybridized carbons (Fsp3) is 1.00. The van der Waals surface area contributed by atoms with Crippen LogP contribution in [0.4, 0.5) is 0 Å². The maximum absolute atomic E-state index is 3.59. The Morgan fingerprint density at radius 1 is 1.00 bits per heavy atom. The Hall–Kier alpha value is -0.120. The van der Waals surface area contributed by atoms with Gasteiger partial charge >= 0.3 is 0 Å².